The first kappa shape index (κ1) is 22.3. The Balaban J connectivity index is 1.53. The molecule has 0 aromatic heterocycles. The molecule has 1 unspecified atom stereocenters. The number of piperidine rings is 1. The number of hydrogen-bond donors (Lipinski definition) is 3. The Morgan fingerprint density at radius 2 is 1.81 bits per heavy atom. The monoisotopic (exact) mass is 426 g/mol. The van der Waals surface area contributed by atoms with Crippen molar-refractivity contribution < 1.29 is 18.8 Å². The average Bonchev–Trinajstić information content (AvgIpc) is 2.77. The maximum Gasteiger partial charge on any atom is 0.319 e. The van der Waals surface area contributed by atoms with Crippen molar-refractivity contribution in [1.29, 1.82) is 0 Å². The minimum Gasteiger partial charge on any atom is -0.338 e. The average molecular weight is 426 g/mol. The molecule has 0 spiro atoms. The standard InChI is InChI=1S/C23H27FN4O3/c1-2-21(29)26-19-9-3-7-17(12-19)22(30)28-11-5-6-16(15-28)14-25-23(31)27-20-10-4-8-18(24)13-20/h3-4,7-10,12-13,16H,2,5-6,11,14-15H2,1H3,(H,26,29)(H2,25,27,31). The third-order valence-electron chi connectivity index (χ3n) is 5.15. The third-order valence-corrected chi connectivity index (χ3v) is 5.15. The lowest BCUT2D eigenvalue weighted by atomic mass is 9.97. The number of anilines is 2. The highest BCUT2D eigenvalue weighted by molar-refractivity contribution is 5.97. The van der Waals surface area contributed by atoms with Gasteiger partial charge in [-0.2, -0.15) is 0 Å². The van der Waals surface area contributed by atoms with Gasteiger partial charge in [-0.3, -0.25) is 9.59 Å². The van der Waals surface area contributed by atoms with Gasteiger partial charge < -0.3 is 20.9 Å². The number of likely N-dealkylation sites (tertiary alicyclic amines) is 1. The van der Waals surface area contributed by atoms with E-state index in [1.165, 1.54) is 18.2 Å². The number of rotatable bonds is 6. The lowest BCUT2D eigenvalue weighted by Gasteiger charge is -2.33. The molecule has 0 bridgehead atoms. The van der Waals surface area contributed by atoms with Crippen molar-refractivity contribution in [2.45, 2.75) is 26.2 Å². The van der Waals surface area contributed by atoms with Crippen LogP contribution in [0.1, 0.15) is 36.5 Å². The van der Waals surface area contributed by atoms with Crippen molar-refractivity contribution in [3.63, 3.8) is 0 Å². The molecule has 1 aliphatic rings. The summed E-state index contributed by atoms with van der Waals surface area (Å²) in [6, 6.07) is 12.2. The number of carbonyl (C=O) groups is 3. The summed E-state index contributed by atoms with van der Waals surface area (Å²) in [6.07, 6.45) is 2.11. The van der Waals surface area contributed by atoms with Gasteiger partial charge in [0, 0.05) is 43.0 Å². The molecule has 1 aliphatic heterocycles. The molecule has 4 amide bonds. The van der Waals surface area contributed by atoms with Crippen LogP contribution in [0.5, 0.6) is 0 Å². The van der Waals surface area contributed by atoms with E-state index >= 15 is 0 Å². The van der Waals surface area contributed by atoms with E-state index < -0.39 is 11.8 Å². The third kappa shape index (κ3) is 6.53. The van der Waals surface area contributed by atoms with Crippen molar-refractivity contribution in [2.75, 3.05) is 30.3 Å². The fourth-order valence-corrected chi connectivity index (χ4v) is 3.56. The number of urea groups is 1. The molecule has 1 atom stereocenters. The van der Waals surface area contributed by atoms with Crippen LogP contribution >= 0.6 is 0 Å². The van der Waals surface area contributed by atoms with Crippen LogP contribution in [0.3, 0.4) is 0 Å². The SMILES string of the molecule is CCC(=O)Nc1cccc(C(=O)N2CCCC(CNC(=O)Nc3cccc(F)c3)C2)c1. The van der Waals surface area contributed by atoms with Gasteiger partial charge in [-0.1, -0.05) is 19.1 Å². The Morgan fingerprint density at radius 3 is 2.55 bits per heavy atom. The van der Waals surface area contributed by atoms with Gasteiger partial charge in [-0.05, 0) is 55.2 Å². The van der Waals surface area contributed by atoms with Gasteiger partial charge in [-0.25, -0.2) is 9.18 Å². The maximum atomic E-state index is 13.2. The highest BCUT2D eigenvalue weighted by Gasteiger charge is 2.25. The van der Waals surface area contributed by atoms with E-state index in [0.29, 0.717) is 43.0 Å². The summed E-state index contributed by atoms with van der Waals surface area (Å²) in [7, 11) is 0. The smallest absolute Gasteiger partial charge is 0.319 e. The molecule has 0 saturated carbocycles. The van der Waals surface area contributed by atoms with Crippen LogP contribution in [0.15, 0.2) is 48.5 Å². The molecule has 0 radical (unpaired) electrons. The summed E-state index contributed by atoms with van der Waals surface area (Å²) in [5, 5.41) is 8.17. The van der Waals surface area contributed by atoms with Crippen LogP contribution in [0.2, 0.25) is 0 Å². The molecule has 164 valence electrons. The van der Waals surface area contributed by atoms with Gasteiger partial charge in [0.15, 0.2) is 0 Å². The van der Waals surface area contributed by atoms with E-state index in [0.717, 1.165) is 12.8 Å². The fraction of sp³-hybridized carbons (Fsp3) is 0.348. The number of nitrogens with zero attached hydrogens (tertiary/aromatic N) is 1. The maximum absolute atomic E-state index is 13.2. The molecular weight excluding hydrogens is 399 g/mol. The van der Waals surface area contributed by atoms with Gasteiger partial charge in [-0.15, -0.1) is 0 Å². The fourth-order valence-electron chi connectivity index (χ4n) is 3.56. The van der Waals surface area contributed by atoms with E-state index in [-0.39, 0.29) is 17.7 Å². The molecule has 8 heteroatoms. The van der Waals surface area contributed by atoms with Crippen molar-refractivity contribution in [2.24, 2.45) is 5.92 Å². The Morgan fingerprint density at radius 1 is 1.06 bits per heavy atom. The molecule has 3 N–H and O–H groups in total. The summed E-state index contributed by atoms with van der Waals surface area (Å²) in [5.41, 5.74) is 1.50. The van der Waals surface area contributed by atoms with E-state index in [2.05, 4.69) is 16.0 Å². The summed E-state index contributed by atoms with van der Waals surface area (Å²) >= 11 is 0. The van der Waals surface area contributed by atoms with Gasteiger partial charge in [0.25, 0.3) is 5.91 Å². The number of benzene rings is 2. The number of amides is 4. The number of halogens is 1. The van der Waals surface area contributed by atoms with Gasteiger partial charge in [0.05, 0.1) is 0 Å². The van der Waals surface area contributed by atoms with Gasteiger partial charge in [0.1, 0.15) is 5.82 Å². The lowest BCUT2D eigenvalue weighted by molar-refractivity contribution is -0.115. The first-order valence-corrected chi connectivity index (χ1v) is 10.4. The number of hydrogen-bond acceptors (Lipinski definition) is 3. The van der Waals surface area contributed by atoms with E-state index in [9.17, 15) is 18.8 Å². The largest absolute Gasteiger partial charge is 0.338 e. The summed E-state index contributed by atoms with van der Waals surface area (Å²) in [4.78, 5) is 38.4. The summed E-state index contributed by atoms with van der Waals surface area (Å²) in [5.74, 6) is -0.497. The molecular formula is C23H27FN4O3. The van der Waals surface area contributed by atoms with Crippen LogP contribution in [0, 0.1) is 11.7 Å². The van der Waals surface area contributed by atoms with Crippen molar-refractivity contribution in [3.05, 3.63) is 59.9 Å². The van der Waals surface area contributed by atoms with Crippen molar-refractivity contribution in [3.8, 4) is 0 Å². The van der Waals surface area contributed by atoms with Crippen LogP contribution < -0.4 is 16.0 Å². The Labute approximate surface area is 181 Å². The molecule has 1 fully saturated rings. The predicted molar refractivity (Wildman–Crippen MR) is 117 cm³/mol. The van der Waals surface area contributed by atoms with Gasteiger partial charge in [0.2, 0.25) is 5.91 Å². The van der Waals surface area contributed by atoms with Crippen LogP contribution in [-0.2, 0) is 4.79 Å². The highest BCUT2D eigenvalue weighted by atomic mass is 19.1. The Hall–Kier alpha value is -3.42. The molecule has 3 rings (SSSR count). The topological polar surface area (TPSA) is 90.5 Å². The zero-order chi connectivity index (χ0) is 22.2. The zero-order valence-electron chi connectivity index (χ0n) is 17.5. The molecule has 1 heterocycles. The summed E-state index contributed by atoms with van der Waals surface area (Å²) < 4.78 is 13.2. The predicted octanol–water partition coefficient (Wildman–Crippen LogP) is 3.85. The minimum absolute atomic E-state index is 0.0958. The first-order valence-electron chi connectivity index (χ1n) is 10.4. The Kier molecular flexibility index (Phi) is 7.59. The van der Waals surface area contributed by atoms with Crippen molar-refractivity contribution in [1.82, 2.24) is 10.2 Å². The highest BCUT2D eigenvalue weighted by Crippen LogP contribution is 2.20. The first-order chi connectivity index (χ1) is 14.9. The number of carbonyl (C=O) groups excluding carboxylic acids is 3. The van der Waals surface area contributed by atoms with E-state index in [1.54, 1.807) is 42.2 Å². The lowest BCUT2D eigenvalue weighted by Crippen LogP contribution is -2.44. The number of nitrogens with one attached hydrogen (secondary N) is 3. The molecule has 0 aliphatic carbocycles. The Bertz CT molecular complexity index is 950. The van der Waals surface area contributed by atoms with Crippen LogP contribution in [0.25, 0.3) is 0 Å². The second kappa shape index (κ2) is 10.6. The van der Waals surface area contributed by atoms with Crippen molar-refractivity contribution >= 4 is 29.2 Å². The molecule has 7 nitrogen and oxygen atoms in total. The zero-order valence-corrected chi connectivity index (χ0v) is 17.5. The van der Waals surface area contributed by atoms with Gasteiger partial charge >= 0.3 is 6.03 Å². The summed E-state index contributed by atoms with van der Waals surface area (Å²) in [6.45, 7) is 3.36. The molecule has 2 aromatic carbocycles. The van der Waals surface area contributed by atoms with Crippen LogP contribution in [-0.4, -0.2) is 42.4 Å². The van der Waals surface area contributed by atoms with E-state index in [4.69, 9.17) is 0 Å². The second-order valence-corrected chi connectivity index (χ2v) is 7.59. The molecule has 31 heavy (non-hydrogen) atoms. The van der Waals surface area contributed by atoms with Crippen LogP contribution in [0.4, 0.5) is 20.6 Å². The minimum atomic E-state index is -0.419. The normalized spacial score (nSPS) is 15.8. The molecule has 2 aromatic rings. The van der Waals surface area contributed by atoms with E-state index in [1.807, 2.05) is 0 Å². The quantitative estimate of drug-likeness (QED) is 0.655. The molecule has 1 saturated heterocycles. The second-order valence-electron chi connectivity index (χ2n) is 7.59.